The predicted octanol–water partition coefficient (Wildman–Crippen LogP) is 3.39. The number of carbonyl (C=O) groups is 1. The highest BCUT2D eigenvalue weighted by atomic mass is 16.6. The minimum atomic E-state index is -0.0545. The number of allylic oxidation sites excluding steroid dienone is 1. The fraction of sp³-hybridized carbons (Fsp3) is 0.333. The number of aliphatic imine (C=N–C) groups is 1. The van der Waals surface area contributed by atoms with Crippen LogP contribution in [0.2, 0.25) is 0 Å². The molecule has 8 nitrogen and oxygen atoms in total. The number of rotatable bonds is 6. The molecule has 5 rings (SSSR count). The van der Waals surface area contributed by atoms with Crippen LogP contribution in [-0.2, 0) is 6.42 Å². The number of anilines is 1. The Morgan fingerprint density at radius 1 is 1.23 bits per heavy atom. The second-order valence-corrected chi connectivity index (χ2v) is 8.86. The molecule has 2 aromatic heterocycles. The number of fused-ring (bicyclic) bond motifs is 2. The summed E-state index contributed by atoms with van der Waals surface area (Å²) in [5, 5.41) is 0.971. The van der Waals surface area contributed by atoms with E-state index in [0.29, 0.717) is 31.0 Å². The third-order valence-electron chi connectivity index (χ3n) is 6.53. The maximum atomic E-state index is 13.4. The third kappa shape index (κ3) is 4.09. The maximum absolute atomic E-state index is 13.4. The van der Waals surface area contributed by atoms with Gasteiger partial charge >= 0.3 is 0 Å². The summed E-state index contributed by atoms with van der Waals surface area (Å²) < 4.78 is 7.85. The quantitative estimate of drug-likeness (QED) is 0.515. The van der Waals surface area contributed by atoms with Gasteiger partial charge in [0.2, 0.25) is 6.20 Å². The van der Waals surface area contributed by atoms with Gasteiger partial charge in [-0.05, 0) is 37.0 Å². The Morgan fingerprint density at radius 3 is 2.86 bits per heavy atom. The van der Waals surface area contributed by atoms with Crippen LogP contribution in [0.5, 0.6) is 5.75 Å². The smallest absolute Gasteiger partial charge is 0.268 e. The van der Waals surface area contributed by atoms with Gasteiger partial charge in [-0.15, -0.1) is 0 Å². The monoisotopic (exact) mass is 472 g/mol. The third-order valence-corrected chi connectivity index (χ3v) is 6.53. The van der Waals surface area contributed by atoms with Crippen molar-refractivity contribution in [2.24, 2.45) is 10.9 Å². The number of para-hydroxylation sites is 1. The van der Waals surface area contributed by atoms with E-state index in [1.807, 2.05) is 67.0 Å². The minimum absolute atomic E-state index is 0.0545. The highest BCUT2D eigenvalue weighted by Gasteiger charge is 2.33. The van der Waals surface area contributed by atoms with Crippen molar-refractivity contribution in [2.75, 3.05) is 32.2 Å². The molecule has 35 heavy (non-hydrogen) atoms. The van der Waals surface area contributed by atoms with E-state index in [-0.39, 0.29) is 11.8 Å². The maximum Gasteiger partial charge on any atom is 0.268 e. The normalized spacial score (nSPS) is 17.4. The van der Waals surface area contributed by atoms with Crippen molar-refractivity contribution in [3.05, 3.63) is 71.4 Å². The van der Waals surface area contributed by atoms with Crippen LogP contribution in [0.25, 0.3) is 10.9 Å². The summed E-state index contributed by atoms with van der Waals surface area (Å²) >= 11 is 0. The van der Waals surface area contributed by atoms with Crippen LogP contribution in [0.15, 0.2) is 65.3 Å². The summed E-state index contributed by atoms with van der Waals surface area (Å²) in [4.78, 5) is 32.0. The fourth-order valence-corrected chi connectivity index (χ4v) is 4.69. The molecule has 4 heterocycles. The van der Waals surface area contributed by atoms with Crippen LogP contribution in [0.1, 0.15) is 36.2 Å². The number of amides is 1. The van der Waals surface area contributed by atoms with Crippen LogP contribution < -0.4 is 19.2 Å². The molecular formula is C27H30N5O3+. The lowest BCUT2D eigenvalue weighted by molar-refractivity contribution is -0.865. The van der Waals surface area contributed by atoms with Gasteiger partial charge in [0.15, 0.2) is 5.82 Å². The predicted molar refractivity (Wildman–Crippen MR) is 134 cm³/mol. The topological polar surface area (TPSA) is 71.1 Å². The first kappa shape index (κ1) is 22.8. The highest BCUT2D eigenvalue weighted by Crippen LogP contribution is 2.35. The Kier molecular flexibility index (Phi) is 6.11. The molecule has 1 amide bonds. The lowest BCUT2D eigenvalue weighted by atomic mass is 10.0. The molecule has 0 saturated carbocycles. The second kappa shape index (κ2) is 9.37. The number of hydrogen-bond acceptors (Lipinski definition) is 6. The summed E-state index contributed by atoms with van der Waals surface area (Å²) in [6.45, 7) is 5.30. The molecule has 2 aliphatic heterocycles. The van der Waals surface area contributed by atoms with Gasteiger partial charge in [-0.2, -0.15) is 0 Å². The van der Waals surface area contributed by atoms with Crippen molar-refractivity contribution in [2.45, 2.75) is 26.7 Å². The van der Waals surface area contributed by atoms with Crippen molar-refractivity contribution < 1.29 is 19.1 Å². The van der Waals surface area contributed by atoms with E-state index >= 15 is 0 Å². The molecule has 1 unspecified atom stereocenters. The summed E-state index contributed by atoms with van der Waals surface area (Å²) in [5.41, 5.74) is 3.42. The molecule has 0 saturated heterocycles. The molecule has 0 bridgehead atoms. The Morgan fingerprint density at radius 2 is 2.06 bits per heavy atom. The molecular weight excluding hydrogens is 442 g/mol. The van der Waals surface area contributed by atoms with Gasteiger partial charge in [-0.3, -0.25) is 9.63 Å². The largest absolute Gasteiger partial charge is 0.492 e. The Hall–Kier alpha value is -3.94. The molecule has 1 atom stereocenters. The molecule has 0 spiro atoms. The molecule has 0 N–H and O–H groups in total. The molecule has 2 aliphatic rings. The lowest BCUT2D eigenvalue weighted by Crippen LogP contribution is -2.40. The summed E-state index contributed by atoms with van der Waals surface area (Å²) in [7, 11) is 3.46. The van der Waals surface area contributed by atoms with Crippen molar-refractivity contribution in [1.82, 2.24) is 9.88 Å². The van der Waals surface area contributed by atoms with Crippen LogP contribution in [-0.4, -0.2) is 49.3 Å². The zero-order chi connectivity index (χ0) is 24.5. The van der Waals surface area contributed by atoms with Crippen molar-refractivity contribution >= 4 is 28.8 Å². The zero-order valence-corrected chi connectivity index (χ0v) is 20.6. The first-order chi connectivity index (χ1) is 17.0. The second-order valence-electron chi connectivity index (χ2n) is 8.86. The lowest BCUT2D eigenvalue weighted by Gasteiger charge is -2.28. The van der Waals surface area contributed by atoms with Gasteiger partial charge < -0.3 is 14.5 Å². The molecule has 1 aromatic carbocycles. The number of ether oxygens (including phenoxy) is 1. The first-order valence-electron chi connectivity index (χ1n) is 11.9. The summed E-state index contributed by atoms with van der Waals surface area (Å²) in [5.74, 6) is 2.49. The van der Waals surface area contributed by atoms with Crippen LogP contribution in [0.4, 0.5) is 5.82 Å². The Labute approximate surface area is 205 Å². The van der Waals surface area contributed by atoms with Crippen LogP contribution in [0.3, 0.4) is 0 Å². The average molecular weight is 473 g/mol. The van der Waals surface area contributed by atoms with E-state index in [1.165, 1.54) is 0 Å². The molecule has 0 radical (unpaired) electrons. The van der Waals surface area contributed by atoms with Gasteiger partial charge in [0, 0.05) is 49.3 Å². The van der Waals surface area contributed by atoms with Crippen LogP contribution in [0, 0.1) is 5.92 Å². The standard InChI is InChI=1S/C27H30N5O3/c1-5-31-25-21(27(33)30(3)23-14-18(2)16-28-26(23)31)15-19(17-29-25)11-13-35-24-10-12-32(34-4)22-9-7-6-8-20(22)24/h6-10,12,15-18H,5,11,13-14H2,1-4H3/q+1. The van der Waals surface area contributed by atoms with Crippen LogP contribution >= 0.6 is 0 Å². The molecule has 0 fully saturated rings. The minimum Gasteiger partial charge on any atom is -0.492 e. The number of nitrogens with zero attached hydrogens (tertiary/aromatic N) is 5. The Bertz CT molecular complexity index is 1350. The van der Waals surface area contributed by atoms with Crippen molar-refractivity contribution in [3.63, 3.8) is 0 Å². The van der Waals surface area contributed by atoms with Gasteiger partial charge in [0.1, 0.15) is 18.7 Å². The van der Waals surface area contributed by atoms with Gasteiger partial charge in [-0.1, -0.05) is 19.1 Å². The van der Waals surface area contributed by atoms with E-state index in [1.54, 1.807) is 16.7 Å². The number of aromatic nitrogens is 2. The Balaban J connectivity index is 1.38. The zero-order valence-electron chi connectivity index (χ0n) is 20.6. The number of hydrogen-bond donors (Lipinski definition) is 0. The van der Waals surface area contributed by atoms with E-state index in [4.69, 9.17) is 14.6 Å². The van der Waals surface area contributed by atoms with E-state index < -0.39 is 0 Å². The molecule has 0 aliphatic carbocycles. The van der Waals surface area contributed by atoms with Gasteiger partial charge in [0.25, 0.3) is 11.4 Å². The average Bonchev–Trinajstić information content (AvgIpc) is 2.97. The van der Waals surface area contributed by atoms with Crippen molar-refractivity contribution in [3.8, 4) is 5.75 Å². The molecule has 3 aromatic rings. The van der Waals surface area contributed by atoms with Gasteiger partial charge in [0.05, 0.1) is 23.3 Å². The summed E-state index contributed by atoms with van der Waals surface area (Å²) in [6.07, 6.45) is 7.03. The van der Waals surface area contributed by atoms with E-state index in [2.05, 4.69) is 18.8 Å². The first-order valence-corrected chi connectivity index (χ1v) is 11.9. The highest BCUT2D eigenvalue weighted by molar-refractivity contribution is 6.01. The van der Waals surface area contributed by atoms with E-state index in [9.17, 15) is 4.79 Å². The molecule has 8 heteroatoms. The number of carbonyl (C=O) groups excluding carboxylic acids is 1. The van der Waals surface area contributed by atoms with E-state index in [0.717, 1.165) is 40.2 Å². The summed E-state index contributed by atoms with van der Waals surface area (Å²) in [6, 6.07) is 11.8. The van der Waals surface area contributed by atoms with Crippen molar-refractivity contribution in [1.29, 1.82) is 0 Å². The number of benzene rings is 1. The SMILES string of the molecule is CCN1C2=C(CC(C)C=N2)N(C)C(=O)c2cc(CCOc3cc[n+](OC)c4ccccc34)cnc21. The molecule has 180 valence electrons. The number of pyridine rings is 2. The van der Waals surface area contributed by atoms with Gasteiger partial charge in [-0.25, -0.2) is 9.98 Å². The fourth-order valence-electron chi connectivity index (χ4n) is 4.69.